The predicted molar refractivity (Wildman–Crippen MR) is 113 cm³/mol. The average Bonchev–Trinajstić information content (AvgIpc) is 2.80. The molecule has 0 amide bonds. The summed E-state index contributed by atoms with van der Waals surface area (Å²) in [4.78, 5) is 20.7. The van der Waals surface area contributed by atoms with Crippen LogP contribution in [0.25, 0.3) is 11.0 Å². The molecule has 0 spiro atoms. The lowest BCUT2D eigenvalue weighted by Crippen LogP contribution is -2.16. The molecule has 11 heteroatoms. The summed E-state index contributed by atoms with van der Waals surface area (Å²) in [5.41, 5.74) is -1.07. The van der Waals surface area contributed by atoms with Gasteiger partial charge in [-0.25, -0.2) is 31.6 Å². The van der Waals surface area contributed by atoms with E-state index in [1.54, 1.807) is 0 Å². The van der Waals surface area contributed by atoms with E-state index < -0.39 is 49.4 Å². The molecule has 4 aromatic rings. The molecule has 168 valence electrons. The van der Waals surface area contributed by atoms with E-state index in [1.807, 2.05) is 4.72 Å². The Morgan fingerprint density at radius 2 is 1.79 bits per heavy atom. The number of ketones is 1. The largest absolute Gasteiger partial charge is 0.480 e. The van der Waals surface area contributed by atoms with E-state index in [0.29, 0.717) is 5.52 Å². The molecule has 0 atom stereocenters. The monoisotopic (exact) mass is 473 g/mol. The van der Waals surface area contributed by atoms with Crippen molar-refractivity contribution in [3.63, 3.8) is 0 Å². The van der Waals surface area contributed by atoms with Crippen LogP contribution >= 0.6 is 0 Å². The van der Waals surface area contributed by atoms with E-state index in [1.165, 1.54) is 31.5 Å². The minimum atomic E-state index is -4.41. The molecule has 0 fully saturated rings. The highest BCUT2D eigenvalue weighted by molar-refractivity contribution is 7.92. The van der Waals surface area contributed by atoms with Gasteiger partial charge in [-0.2, -0.15) is 0 Å². The minimum Gasteiger partial charge on any atom is -0.480 e. The third kappa shape index (κ3) is 4.35. The Hall–Kier alpha value is -3.99. The molecule has 1 aromatic heterocycles. The molecule has 0 aliphatic carbocycles. The van der Waals surface area contributed by atoms with Crippen LogP contribution in [0.1, 0.15) is 15.9 Å². The van der Waals surface area contributed by atoms with Gasteiger partial charge in [0.15, 0.2) is 11.6 Å². The quantitative estimate of drug-likeness (QED) is 0.424. The number of halogens is 3. The number of hydrogen-bond acceptors (Lipinski definition) is 6. The van der Waals surface area contributed by atoms with Gasteiger partial charge in [0.05, 0.1) is 40.5 Å². The van der Waals surface area contributed by atoms with Crippen molar-refractivity contribution in [3.8, 4) is 5.88 Å². The fourth-order valence-electron chi connectivity index (χ4n) is 3.06. The van der Waals surface area contributed by atoms with Gasteiger partial charge in [-0.3, -0.25) is 9.52 Å². The molecular formula is C22H14F3N3O4S. The molecule has 1 N–H and O–H groups in total. The Morgan fingerprint density at radius 3 is 2.52 bits per heavy atom. The van der Waals surface area contributed by atoms with Crippen LogP contribution in [0.15, 0.2) is 65.7 Å². The van der Waals surface area contributed by atoms with E-state index in [9.17, 15) is 22.0 Å². The highest BCUT2D eigenvalue weighted by Gasteiger charge is 2.25. The molecule has 0 saturated heterocycles. The van der Waals surface area contributed by atoms with Crippen LogP contribution in [0, 0.1) is 17.5 Å². The number of sulfonamides is 1. The molecule has 0 bridgehead atoms. The predicted octanol–water partition coefficient (Wildman–Crippen LogP) is 4.09. The fraction of sp³-hybridized carbons (Fsp3) is 0.0455. The van der Waals surface area contributed by atoms with Crippen molar-refractivity contribution in [1.82, 2.24) is 9.97 Å². The van der Waals surface area contributed by atoms with Crippen molar-refractivity contribution in [2.45, 2.75) is 4.90 Å². The van der Waals surface area contributed by atoms with Gasteiger partial charge in [0, 0.05) is 5.56 Å². The molecule has 0 aliphatic rings. The van der Waals surface area contributed by atoms with Crippen molar-refractivity contribution in [2.24, 2.45) is 0 Å². The maximum atomic E-state index is 15.1. The highest BCUT2D eigenvalue weighted by Crippen LogP contribution is 2.27. The second kappa shape index (κ2) is 8.51. The maximum absolute atomic E-state index is 15.1. The first-order chi connectivity index (χ1) is 15.7. The van der Waals surface area contributed by atoms with E-state index in [2.05, 4.69) is 9.97 Å². The van der Waals surface area contributed by atoms with Crippen molar-refractivity contribution in [2.75, 3.05) is 11.8 Å². The zero-order valence-electron chi connectivity index (χ0n) is 16.8. The first kappa shape index (κ1) is 22.2. The summed E-state index contributed by atoms with van der Waals surface area (Å²) in [5.74, 6) is -4.29. The van der Waals surface area contributed by atoms with E-state index in [-0.39, 0.29) is 17.0 Å². The summed E-state index contributed by atoms with van der Waals surface area (Å²) in [7, 11) is -3.03. The number of anilines is 1. The molecule has 1 heterocycles. The van der Waals surface area contributed by atoms with Crippen molar-refractivity contribution < 1.29 is 31.1 Å². The molecule has 0 saturated carbocycles. The van der Waals surface area contributed by atoms with Gasteiger partial charge in [0.1, 0.15) is 11.6 Å². The number of benzene rings is 3. The van der Waals surface area contributed by atoms with Crippen molar-refractivity contribution >= 4 is 32.5 Å². The van der Waals surface area contributed by atoms with Gasteiger partial charge in [-0.15, -0.1) is 0 Å². The number of methoxy groups -OCH3 is 1. The summed E-state index contributed by atoms with van der Waals surface area (Å²) in [6, 6.07) is 9.67. The molecule has 0 radical (unpaired) electrons. The number of carbonyl (C=O) groups is 1. The topological polar surface area (TPSA) is 98.2 Å². The lowest BCUT2D eigenvalue weighted by atomic mass is 10.0. The number of nitrogens with zero attached hydrogens (tertiary/aromatic N) is 2. The van der Waals surface area contributed by atoms with E-state index in [0.717, 1.165) is 36.4 Å². The van der Waals surface area contributed by atoms with Gasteiger partial charge in [-0.1, -0.05) is 6.07 Å². The third-order valence-electron chi connectivity index (χ3n) is 4.66. The second-order valence-electron chi connectivity index (χ2n) is 6.79. The number of hydrogen-bond donors (Lipinski definition) is 1. The molecule has 4 rings (SSSR count). The third-order valence-corrected chi connectivity index (χ3v) is 6.02. The number of carbonyl (C=O) groups excluding carboxylic acids is 1. The van der Waals surface area contributed by atoms with Crippen molar-refractivity contribution in [1.29, 1.82) is 0 Å². The maximum Gasteiger partial charge on any atom is 0.262 e. The van der Waals surface area contributed by atoms with Gasteiger partial charge in [0.2, 0.25) is 5.88 Å². The van der Waals surface area contributed by atoms with E-state index >= 15 is 4.39 Å². The molecule has 33 heavy (non-hydrogen) atoms. The summed E-state index contributed by atoms with van der Waals surface area (Å²) >= 11 is 0. The zero-order chi connectivity index (χ0) is 23.8. The average molecular weight is 473 g/mol. The summed E-state index contributed by atoms with van der Waals surface area (Å²) < 4.78 is 74.9. The number of rotatable bonds is 6. The van der Waals surface area contributed by atoms with Crippen LogP contribution in [-0.2, 0) is 10.0 Å². The number of nitrogens with one attached hydrogen (secondary N) is 1. The normalized spacial score (nSPS) is 11.4. The Bertz CT molecular complexity index is 1510. The molecular weight excluding hydrogens is 459 g/mol. The van der Waals surface area contributed by atoms with E-state index in [4.69, 9.17) is 4.74 Å². The Morgan fingerprint density at radius 1 is 1.00 bits per heavy atom. The van der Waals surface area contributed by atoms with Crippen LogP contribution in [-0.4, -0.2) is 31.3 Å². The number of aromatic nitrogens is 2. The lowest BCUT2D eigenvalue weighted by molar-refractivity contribution is 0.103. The molecule has 3 aromatic carbocycles. The Labute approximate surface area is 185 Å². The zero-order valence-corrected chi connectivity index (χ0v) is 17.7. The van der Waals surface area contributed by atoms with Crippen LogP contribution < -0.4 is 9.46 Å². The van der Waals surface area contributed by atoms with Gasteiger partial charge < -0.3 is 4.74 Å². The molecule has 7 nitrogen and oxygen atoms in total. The highest BCUT2D eigenvalue weighted by atomic mass is 32.2. The second-order valence-corrected chi connectivity index (χ2v) is 8.47. The first-order valence-corrected chi connectivity index (χ1v) is 10.8. The number of fused-ring (bicyclic) bond motifs is 1. The van der Waals surface area contributed by atoms with Gasteiger partial charge >= 0.3 is 0 Å². The van der Waals surface area contributed by atoms with Crippen LogP contribution in [0.3, 0.4) is 0 Å². The minimum absolute atomic E-state index is 0.104. The van der Waals surface area contributed by atoms with Crippen molar-refractivity contribution in [3.05, 3.63) is 89.4 Å². The van der Waals surface area contributed by atoms with Crippen LogP contribution in [0.4, 0.5) is 18.9 Å². The van der Waals surface area contributed by atoms with Gasteiger partial charge in [-0.05, 0) is 48.5 Å². The molecule has 0 unspecified atom stereocenters. The Kier molecular flexibility index (Phi) is 5.73. The lowest BCUT2D eigenvalue weighted by Gasteiger charge is -2.12. The summed E-state index contributed by atoms with van der Waals surface area (Å²) in [6.45, 7) is 0. The summed E-state index contributed by atoms with van der Waals surface area (Å²) in [6.07, 6.45) is 1.37. The fourth-order valence-corrected chi connectivity index (χ4v) is 4.15. The SMILES string of the molecule is COc1cnc2ccc(C(=O)c3c(F)ccc(NS(=O)(=O)c4cccc(F)c4)c3F)cc2n1. The molecule has 0 aliphatic heterocycles. The van der Waals surface area contributed by atoms with Crippen LogP contribution in [0.5, 0.6) is 5.88 Å². The first-order valence-electron chi connectivity index (χ1n) is 9.31. The Balaban J connectivity index is 1.74. The standard InChI is InChI=1S/C22H14F3N3O4S/c1-32-19-11-26-16-7-5-12(9-18(16)27-19)22(29)20-15(24)6-8-17(21(20)25)28-33(30,31)14-4-2-3-13(23)10-14/h2-11,28H,1H3. The van der Waals surface area contributed by atoms with Crippen LogP contribution in [0.2, 0.25) is 0 Å². The summed E-state index contributed by atoms with van der Waals surface area (Å²) in [5, 5.41) is 0. The smallest absolute Gasteiger partial charge is 0.262 e. The van der Waals surface area contributed by atoms with Gasteiger partial charge in [0.25, 0.3) is 10.0 Å². The number of ether oxygens (including phenoxy) is 1.